The molecule has 33 heavy (non-hydrogen) atoms. The molecule has 1 N–H and O–H groups in total. The normalized spacial score (nSPS) is 22.7. The van der Waals surface area contributed by atoms with Crippen molar-refractivity contribution in [3.63, 3.8) is 0 Å². The zero-order valence-corrected chi connectivity index (χ0v) is 20.3. The molecule has 0 aliphatic carbocycles. The van der Waals surface area contributed by atoms with E-state index in [0.717, 1.165) is 11.3 Å². The first-order valence-corrected chi connectivity index (χ1v) is 11.2. The van der Waals surface area contributed by atoms with Gasteiger partial charge in [-0.15, -0.1) is 6.58 Å². The Balaban J connectivity index is 2.42. The lowest BCUT2D eigenvalue weighted by Crippen LogP contribution is -2.51. The van der Waals surface area contributed by atoms with E-state index in [0.29, 0.717) is 19.3 Å². The summed E-state index contributed by atoms with van der Waals surface area (Å²) < 4.78 is 22.2. The molecule has 2 rings (SSSR count). The van der Waals surface area contributed by atoms with Gasteiger partial charge in [0.1, 0.15) is 17.4 Å². The fourth-order valence-electron chi connectivity index (χ4n) is 4.38. The van der Waals surface area contributed by atoms with Gasteiger partial charge in [0.2, 0.25) is 0 Å². The van der Waals surface area contributed by atoms with Crippen LogP contribution in [-0.2, 0) is 25.6 Å². The Kier molecular flexibility index (Phi) is 9.31. The number of aliphatic hydroxyl groups excluding tert-OH is 1. The summed E-state index contributed by atoms with van der Waals surface area (Å²) in [6.45, 7) is 9.58. The number of hydrogen-bond acceptors (Lipinski definition) is 7. The first-order chi connectivity index (χ1) is 15.6. The van der Waals surface area contributed by atoms with Crippen LogP contribution in [0, 0.1) is 5.41 Å². The van der Waals surface area contributed by atoms with Crippen LogP contribution < -0.4 is 4.74 Å². The topological polar surface area (TPSA) is 94.5 Å². The van der Waals surface area contributed by atoms with E-state index in [9.17, 15) is 14.7 Å². The summed E-state index contributed by atoms with van der Waals surface area (Å²) in [5, 5.41) is 9.56. The van der Waals surface area contributed by atoms with Gasteiger partial charge >= 0.3 is 12.1 Å². The molecule has 1 aliphatic rings. The molecule has 8 heteroatoms. The molecule has 1 aromatic carbocycles. The molecule has 0 spiro atoms. The zero-order chi connectivity index (χ0) is 24.6. The third-order valence-electron chi connectivity index (χ3n) is 5.85. The van der Waals surface area contributed by atoms with Crippen LogP contribution in [0.5, 0.6) is 5.75 Å². The van der Waals surface area contributed by atoms with Gasteiger partial charge in [-0.2, -0.15) is 0 Å². The van der Waals surface area contributed by atoms with E-state index < -0.39 is 35.2 Å². The van der Waals surface area contributed by atoms with Crippen LogP contribution in [0.3, 0.4) is 0 Å². The SMILES string of the molecule is C=CC[C@]1(CCCO)C(OCc2ccc(OC)cc2)CN(C(=O)OC(C)(C)C)[C@@H]1C(=O)OC. The second-order valence-corrected chi connectivity index (χ2v) is 9.26. The lowest BCUT2D eigenvalue weighted by atomic mass is 9.71. The number of allylic oxidation sites excluding steroid dienone is 1. The van der Waals surface area contributed by atoms with Crippen molar-refractivity contribution >= 4 is 12.1 Å². The van der Waals surface area contributed by atoms with E-state index in [1.54, 1.807) is 34.0 Å². The predicted octanol–water partition coefficient (Wildman–Crippen LogP) is 3.71. The number of ether oxygens (including phenoxy) is 4. The minimum absolute atomic E-state index is 0.0512. The van der Waals surface area contributed by atoms with E-state index in [1.807, 2.05) is 24.3 Å². The number of esters is 1. The third kappa shape index (κ3) is 6.48. The molecule has 0 aromatic heterocycles. The maximum absolute atomic E-state index is 13.1. The number of methoxy groups -OCH3 is 2. The van der Waals surface area contributed by atoms with E-state index in [1.165, 1.54) is 12.0 Å². The summed E-state index contributed by atoms with van der Waals surface area (Å²) in [6.07, 6.45) is 1.90. The highest BCUT2D eigenvalue weighted by Crippen LogP contribution is 2.47. The van der Waals surface area contributed by atoms with E-state index in [4.69, 9.17) is 18.9 Å². The maximum atomic E-state index is 13.1. The molecular formula is C25H37NO7. The molecule has 1 unspecified atom stereocenters. The number of likely N-dealkylation sites (tertiary alicyclic amines) is 1. The molecule has 1 aromatic rings. The van der Waals surface area contributed by atoms with Crippen LogP contribution in [0.1, 0.15) is 45.6 Å². The summed E-state index contributed by atoms with van der Waals surface area (Å²) in [4.78, 5) is 27.5. The average molecular weight is 464 g/mol. The molecule has 0 bridgehead atoms. The fraction of sp³-hybridized carbons (Fsp3) is 0.600. The zero-order valence-electron chi connectivity index (χ0n) is 20.3. The summed E-state index contributed by atoms with van der Waals surface area (Å²) in [7, 11) is 2.90. The van der Waals surface area contributed by atoms with Crippen LogP contribution in [0.25, 0.3) is 0 Å². The number of hydrogen-bond donors (Lipinski definition) is 1. The molecule has 1 aliphatic heterocycles. The van der Waals surface area contributed by atoms with Crippen molar-refractivity contribution in [2.45, 2.75) is 64.4 Å². The number of carbonyl (C=O) groups excluding carboxylic acids is 2. The molecule has 0 radical (unpaired) electrons. The highest BCUT2D eigenvalue weighted by Gasteiger charge is 2.59. The lowest BCUT2D eigenvalue weighted by molar-refractivity contribution is -0.151. The van der Waals surface area contributed by atoms with Gasteiger partial charge in [-0.25, -0.2) is 9.59 Å². The summed E-state index contributed by atoms with van der Waals surface area (Å²) >= 11 is 0. The van der Waals surface area contributed by atoms with Crippen molar-refractivity contribution in [2.75, 3.05) is 27.4 Å². The van der Waals surface area contributed by atoms with Gasteiger partial charge < -0.3 is 24.1 Å². The first kappa shape index (κ1) is 26.7. The lowest BCUT2D eigenvalue weighted by Gasteiger charge is -2.38. The average Bonchev–Trinajstić information content (AvgIpc) is 3.09. The van der Waals surface area contributed by atoms with Crippen molar-refractivity contribution in [2.24, 2.45) is 5.41 Å². The molecule has 3 atom stereocenters. The Labute approximate surface area is 196 Å². The molecular weight excluding hydrogens is 426 g/mol. The quantitative estimate of drug-likeness (QED) is 0.418. The monoisotopic (exact) mass is 463 g/mol. The molecule has 184 valence electrons. The van der Waals surface area contributed by atoms with Crippen LogP contribution >= 0.6 is 0 Å². The minimum Gasteiger partial charge on any atom is -0.497 e. The minimum atomic E-state index is -0.928. The predicted molar refractivity (Wildman–Crippen MR) is 124 cm³/mol. The first-order valence-electron chi connectivity index (χ1n) is 11.2. The van der Waals surface area contributed by atoms with Gasteiger partial charge in [0.15, 0.2) is 0 Å². The van der Waals surface area contributed by atoms with E-state index >= 15 is 0 Å². The Bertz CT molecular complexity index is 802. The molecule has 1 heterocycles. The van der Waals surface area contributed by atoms with Gasteiger partial charge in [-0.3, -0.25) is 4.90 Å². The largest absolute Gasteiger partial charge is 0.497 e. The van der Waals surface area contributed by atoms with Crippen LogP contribution in [0.2, 0.25) is 0 Å². The van der Waals surface area contributed by atoms with Crippen molar-refractivity contribution in [3.05, 3.63) is 42.5 Å². The Morgan fingerprint density at radius 3 is 2.42 bits per heavy atom. The Morgan fingerprint density at radius 1 is 1.24 bits per heavy atom. The highest BCUT2D eigenvalue weighted by molar-refractivity contribution is 5.83. The number of nitrogens with zero attached hydrogens (tertiary/aromatic N) is 1. The Morgan fingerprint density at radius 2 is 1.91 bits per heavy atom. The third-order valence-corrected chi connectivity index (χ3v) is 5.85. The molecule has 8 nitrogen and oxygen atoms in total. The van der Waals surface area contributed by atoms with Crippen LogP contribution in [0.4, 0.5) is 4.79 Å². The highest BCUT2D eigenvalue weighted by atomic mass is 16.6. The van der Waals surface area contributed by atoms with Gasteiger partial charge in [0.25, 0.3) is 0 Å². The van der Waals surface area contributed by atoms with E-state index in [2.05, 4.69) is 6.58 Å². The Hall–Kier alpha value is -2.58. The maximum Gasteiger partial charge on any atom is 0.411 e. The summed E-state index contributed by atoms with van der Waals surface area (Å²) in [5.74, 6) is 0.196. The number of benzene rings is 1. The van der Waals surface area contributed by atoms with Crippen molar-refractivity contribution in [1.29, 1.82) is 0 Å². The summed E-state index contributed by atoms with van der Waals surface area (Å²) in [6, 6.07) is 6.57. The summed E-state index contributed by atoms with van der Waals surface area (Å²) in [5.41, 5.74) is -0.622. The number of carbonyl (C=O) groups is 2. The molecule has 1 fully saturated rings. The van der Waals surface area contributed by atoms with E-state index in [-0.39, 0.29) is 19.8 Å². The van der Waals surface area contributed by atoms with Gasteiger partial charge in [0.05, 0.1) is 33.5 Å². The van der Waals surface area contributed by atoms with Crippen LogP contribution in [-0.4, -0.2) is 67.2 Å². The van der Waals surface area contributed by atoms with Gasteiger partial charge in [-0.1, -0.05) is 18.2 Å². The second-order valence-electron chi connectivity index (χ2n) is 9.26. The molecule has 0 saturated carbocycles. The van der Waals surface area contributed by atoms with Gasteiger partial charge in [0, 0.05) is 12.0 Å². The van der Waals surface area contributed by atoms with Crippen LogP contribution in [0.15, 0.2) is 36.9 Å². The second kappa shape index (κ2) is 11.5. The number of rotatable bonds is 10. The molecule has 1 saturated heterocycles. The number of aliphatic hydroxyl groups is 1. The number of amides is 1. The smallest absolute Gasteiger partial charge is 0.411 e. The molecule has 1 amide bonds. The van der Waals surface area contributed by atoms with Crippen molar-refractivity contribution in [3.8, 4) is 5.75 Å². The van der Waals surface area contributed by atoms with Gasteiger partial charge in [-0.05, 0) is 57.7 Å². The fourth-order valence-corrected chi connectivity index (χ4v) is 4.38. The standard InChI is InChI=1S/C25H37NO7/c1-7-13-25(14-8-15-27)20(32-17-18-9-11-19(30-5)12-10-18)16-26(21(25)22(28)31-6)23(29)33-24(2,3)4/h7,9-12,20-21,27H,1,8,13-17H2,2-6H3/t20?,21-,25+/m1/s1. The van der Waals surface area contributed by atoms with Crippen molar-refractivity contribution in [1.82, 2.24) is 4.90 Å². The van der Waals surface area contributed by atoms with Crippen molar-refractivity contribution < 1.29 is 33.6 Å².